The number of aryl methyl sites for hydroxylation is 1. The number of halogens is 4. The smallest absolute Gasteiger partial charge is 0.416 e. The van der Waals surface area contributed by atoms with Crippen molar-refractivity contribution in [2.24, 2.45) is 0 Å². The minimum Gasteiger partial charge on any atom is -0.478 e. The lowest BCUT2D eigenvalue weighted by Gasteiger charge is -2.08. The van der Waals surface area contributed by atoms with Gasteiger partial charge >= 0.3 is 12.1 Å². The van der Waals surface area contributed by atoms with Gasteiger partial charge in [-0.1, -0.05) is 35.9 Å². The summed E-state index contributed by atoms with van der Waals surface area (Å²) in [5.41, 5.74) is 0.280. The Kier molecular flexibility index (Phi) is 4.80. The van der Waals surface area contributed by atoms with Gasteiger partial charge in [-0.15, -0.1) is 0 Å². The van der Waals surface area contributed by atoms with Crippen LogP contribution in [0.4, 0.5) is 13.2 Å². The molecule has 2 nitrogen and oxygen atoms in total. The second-order valence-corrected chi connectivity index (χ2v) is 5.36. The average molecular weight is 341 g/mol. The molecule has 6 heteroatoms. The van der Waals surface area contributed by atoms with Gasteiger partial charge < -0.3 is 5.11 Å². The van der Waals surface area contributed by atoms with Crippen molar-refractivity contribution in [1.29, 1.82) is 0 Å². The van der Waals surface area contributed by atoms with Crippen LogP contribution in [0, 0.1) is 6.92 Å². The molecule has 0 aliphatic heterocycles. The first-order valence-corrected chi connectivity index (χ1v) is 6.95. The van der Waals surface area contributed by atoms with Crippen LogP contribution >= 0.6 is 11.6 Å². The molecule has 0 aliphatic carbocycles. The van der Waals surface area contributed by atoms with Crippen molar-refractivity contribution in [3.8, 4) is 0 Å². The number of rotatable bonds is 3. The summed E-state index contributed by atoms with van der Waals surface area (Å²) in [5, 5.41) is 9.73. The lowest BCUT2D eigenvalue weighted by Crippen LogP contribution is -2.05. The highest BCUT2D eigenvalue weighted by Crippen LogP contribution is 2.31. The maximum Gasteiger partial charge on any atom is 0.416 e. The summed E-state index contributed by atoms with van der Waals surface area (Å²) in [6.07, 6.45) is -3.29. The molecular weight excluding hydrogens is 329 g/mol. The summed E-state index contributed by atoms with van der Waals surface area (Å²) in [4.78, 5) is 11.4. The van der Waals surface area contributed by atoms with E-state index in [0.717, 1.165) is 17.7 Å². The fourth-order valence-electron chi connectivity index (χ4n) is 2.00. The number of alkyl halides is 3. The highest BCUT2D eigenvalue weighted by Gasteiger charge is 2.30. The zero-order valence-electron chi connectivity index (χ0n) is 12.0. The maximum absolute atomic E-state index is 12.7. The second kappa shape index (κ2) is 6.46. The van der Waals surface area contributed by atoms with E-state index in [4.69, 9.17) is 11.6 Å². The minimum atomic E-state index is -4.49. The number of carboxylic acids is 1. The van der Waals surface area contributed by atoms with Gasteiger partial charge in [0.2, 0.25) is 0 Å². The summed E-state index contributed by atoms with van der Waals surface area (Å²) in [6, 6.07) is 9.17. The average Bonchev–Trinajstić information content (AvgIpc) is 2.47. The van der Waals surface area contributed by atoms with Crippen LogP contribution in [0.5, 0.6) is 0 Å². The van der Waals surface area contributed by atoms with Crippen LogP contribution in [0.3, 0.4) is 0 Å². The lowest BCUT2D eigenvalue weighted by atomic mass is 10.0. The number of aliphatic carboxylic acids is 1. The lowest BCUT2D eigenvalue weighted by molar-refractivity contribution is -0.137. The van der Waals surface area contributed by atoms with Crippen LogP contribution in [0.1, 0.15) is 22.3 Å². The van der Waals surface area contributed by atoms with Gasteiger partial charge in [-0.05, 0) is 47.9 Å². The first kappa shape index (κ1) is 17.1. The molecule has 2 aromatic carbocycles. The molecule has 0 saturated heterocycles. The van der Waals surface area contributed by atoms with Crippen molar-refractivity contribution >= 4 is 29.2 Å². The van der Waals surface area contributed by atoms with E-state index in [-0.39, 0.29) is 11.1 Å². The third-order valence-electron chi connectivity index (χ3n) is 3.24. The van der Waals surface area contributed by atoms with Crippen molar-refractivity contribution in [2.75, 3.05) is 0 Å². The molecule has 0 spiro atoms. The molecule has 0 heterocycles. The van der Waals surface area contributed by atoms with Gasteiger partial charge in [0, 0.05) is 5.02 Å². The van der Waals surface area contributed by atoms with Crippen molar-refractivity contribution < 1.29 is 23.1 Å². The van der Waals surface area contributed by atoms with E-state index >= 15 is 0 Å². The van der Waals surface area contributed by atoms with Crippen molar-refractivity contribution in [3.05, 3.63) is 69.7 Å². The quantitative estimate of drug-likeness (QED) is 0.608. The van der Waals surface area contributed by atoms with Crippen LogP contribution < -0.4 is 0 Å². The molecule has 0 bridgehead atoms. The summed E-state index contributed by atoms with van der Waals surface area (Å²) >= 11 is 5.98. The molecule has 2 aromatic rings. The van der Waals surface area contributed by atoms with E-state index in [2.05, 4.69) is 0 Å². The normalized spacial score (nSPS) is 12.3. The molecule has 0 saturated carbocycles. The number of hydrogen-bond donors (Lipinski definition) is 1. The molecule has 0 amide bonds. The third kappa shape index (κ3) is 4.13. The largest absolute Gasteiger partial charge is 0.478 e. The Labute approximate surface area is 135 Å². The Morgan fingerprint density at radius 3 is 2.43 bits per heavy atom. The molecule has 2 rings (SSSR count). The van der Waals surface area contributed by atoms with Gasteiger partial charge in [-0.25, -0.2) is 4.79 Å². The van der Waals surface area contributed by atoms with Gasteiger partial charge in [-0.3, -0.25) is 0 Å². The highest BCUT2D eigenvalue weighted by molar-refractivity contribution is 6.32. The summed E-state index contributed by atoms with van der Waals surface area (Å²) < 4.78 is 38.2. The van der Waals surface area contributed by atoms with Crippen LogP contribution in [0.15, 0.2) is 42.5 Å². The number of hydrogen-bond acceptors (Lipinski definition) is 1. The molecule has 1 N–H and O–H groups in total. The predicted octanol–water partition coefficient (Wildman–Crippen LogP) is 5.29. The molecule has 0 aliphatic rings. The van der Waals surface area contributed by atoms with Crippen LogP contribution in [0.2, 0.25) is 5.02 Å². The Balaban J connectivity index is 2.51. The zero-order chi connectivity index (χ0) is 17.2. The number of carboxylic acid groups (broad SMARTS) is 1. The van der Waals surface area contributed by atoms with E-state index < -0.39 is 17.7 Å². The van der Waals surface area contributed by atoms with E-state index in [0.29, 0.717) is 10.6 Å². The summed E-state index contributed by atoms with van der Waals surface area (Å²) in [5.74, 6) is -1.25. The van der Waals surface area contributed by atoms with Gasteiger partial charge in [0.25, 0.3) is 0 Å². The summed E-state index contributed by atoms with van der Waals surface area (Å²) in [6.45, 7) is 1.77. The highest BCUT2D eigenvalue weighted by atomic mass is 35.5. The molecule has 0 radical (unpaired) electrons. The molecule has 120 valence electrons. The Hall–Kier alpha value is -2.27. The molecule has 23 heavy (non-hydrogen) atoms. The molecule has 0 aromatic heterocycles. The zero-order valence-corrected chi connectivity index (χ0v) is 12.7. The van der Waals surface area contributed by atoms with Crippen molar-refractivity contribution in [3.63, 3.8) is 0 Å². The molecule has 0 fully saturated rings. The van der Waals surface area contributed by atoms with Crippen molar-refractivity contribution in [1.82, 2.24) is 0 Å². The van der Waals surface area contributed by atoms with Crippen LogP contribution in [-0.2, 0) is 11.0 Å². The second-order valence-electron chi connectivity index (χ2n) is 4.95. The Bertz CT molecular complexity index is 780. The van der Waals surface area contributed by atoms with Gasteiger partial charge in [0.15, 0.2) is 0 Å². The van der Waals surface area contributed by atoms with Gasteiger partial charge in [0.1, 0.15) is 0 Å². The van der Waals surface area contributed by atoms with Gasteiger partial charge in [0.05, 0.1) is 11.1 Å². The van der Waals surface area contributed by atoms with E-state index in [1.165, 1.54) is 24.3 Å². The minimum absolute atomic E-state index is 0.133. The Morgan fingerprint density at radius 2 is 1.87 bits per heavy atom. The number of carbonyl (C=O) groups is 1. The first-order valence-electron chi connectivity index (χ1n) is 6.57. The van der Waals surface area contributed by atoms with E-state index in [9.17, 15) is 23.1 Å². The third-order valence-corrected chi connectivity index (χ3v) is 3.65. The SMILES string of the molecule is Cc1ccc(/C(=C/c2cccc(C(F)(F)F)c2)C(=O)O)cc1Cl. The monoisotopic (exact) mass is 340 g/mol. The van der Waals surface area contributed by atoms with E-state index in [1.54, 1.807) is 19.1 Å². The molecule has 0 unspecified atom stereocenters. The fraction of sp³-hybridized carbons (Fsp3) is 0.118. The maximum atomic E-state index is 12.7. The molecule has 0 atom stereocenters. The first-order chi connectivity index (χ1) is 10.7. The fourth-order valence-corrected chi connectivity index (χ4v) is 2.18. The van der Waals surface area contributed by atoms with Crippen LogP contribution in [-0.4, -0.2) is 11.1 Å². The standard InChI is InChI=1S/C17H12ClF3O2/c1-10-5-6-12(9-15(10)18)14(16(22)23)8-11-3-2-4-13(7-11)17(19,20)21/h2-9H,1H3,(H,22,23)/b14-8-. The van der Waals surface area contributed by atoms with Crippen LogP contribution in [0.25, 0.3) is 11.6 Å². The van der Waals surface area contributed by atoms with E-state index in [1.807, 2.05) is 0 Å². The summed E-state index contributed by atoms with van der Waals surface area (Å²) in [7, 11) is 0. The van der Waals surface area contributed by atoms with Gasteiger partial charge in [-0.2, -0.15) is 13.2 Å². The number of benzene rings is 2. The predicted molar refractivity (Wildman–Crippen MR) is 83.1 cm³/mol. The molecular formula is C17H12ClF3O2. The topological polar surface area (TPSA) is 37.3 Å². The van der Waals surface area contributed by atoms with Crippen molar-refractivity contribution in [2.45, 2.75) is 13.1 Å². The Morgan fingerprint density at radius 1 is 1.17 bits per heavy atom.